The smallest absolute Gasteiger partial charge is 0.167 e. The van der Waals surface area contributed by atoms with Crippen LogP contribution in [0.5, 0.6) is 17.2 Å². The Morgan fingerprint density at radius 2 is 2.03 bits per heavy atom. The molecule has 0 atom stereocenters. The van der Waals surface area contributed by atoms with E-state index < -0.39 is 6.67 Å². The maximum atomic E-state index is 14.6. The summed E-state index contributed by atoms with van der Waals surface area (Å²) in [7, 11) is 3.64. The molecule has 34 heavy (non-hydrogen) atoms. The zero-order valence-electron chi connectivity index (χ0n) is 19.1. The Hall–Kier alpha value is -3.10. The topological polar surface area (TPSA) is 83.5 Å². The number of alkyl halides is 1. The van der Waals surface area contributed by atoms with E-state index in [9.17, 15) is 9.50 Å². The Balaban J connectivity index is 1.68. The monoisotopic (exact) mass is 484 g/mol. The predicted molar refractivity (Wildman–Crippen MR) is 131 cm³/mol. The molecule has 0 aliphatic carbocycles. The van der Waals surface area contributed by atoms with Crippen molar-refractivity contribution >= 4 is 33.4 Å². The second-order valence-corrected chi connectivity index (χ2v) is 9.17. The first-order valence-electron chi connectivity index (χ1n) is 11.2. The molecule has 9 heteroatoms. The normalized spacial score (nSPS) is 15.3. The summed E-state index contributed by atoms with van der Waals surface area (Å²) >= 11 is 6.17. The van der Waals surface area contributed by atoms with Gasteiger partial charge in [-0.05, 0) is 63.2 Å². The molecule has 3 heterocycles. The molecule has 7 nitrogen and oxygen atoms in total. The highest BCUT2D eigenvalue weighted by Gasteiger charge is 2.24. The molecule has 0 spiro atoms. The van der Waals surface area contributed by atoms with Gasteiger partial charge in [0.25, 0.3) is 0 Å². The van der Waals surface area contributed by atoms with Crippen molar-refractivity contribution in [1.29, 1.82) is 0 Å². The van der Waals surface area contributed by atoms with Crippen molar-refractivity contribution in [1.82, 2.24) is 20.1 Å². The number of hydrogen-bond donors (Lipinski definition) is 2. The van der Waals surface area contributed by atoms with Gasteiger partial charge in [0.15, 0.2) is 17.1 Å². The quantitative estimate of drug-likeness (QED) is 0.384. The highest BCUT2D eigenvalue weighted by molar-refractivity contribution is 6.32. The fraction of sp³-hybridized carbons (Fsp3) is 0.360. The number of fused-ring (bicyclic) bond motifs is 3. The van der Waals surface area contributed by atoms with Crippen LogP contribution in [-0.2, 0) is 6.67 Å². The van der Waals surface area contributed by atoms with Crippen LogP contribution in [0.1, 0.15) is 18.4 Å². The Bertz CT molecular complexity index is 1350. The minimum absolute atomic E-state index is 0.0368. The molecular weight excluding hydrogens is 459 g/mol. The van der Waals surface area contributed by atoms with Gasteiger partial charge in [-0.3, -0.25) is 5.10 Å². The number of phenols is 1. The number of pyridine rings is 1. The lowest BCUT2D eigenvalue weighted by Gasteiger charge is -2.29. The third-order valence-corrected chi connectivity index (χ3v) is 6.89. The van der Waals surface area contributed by atoms with Crippen molar-refractivity contribution in [3.05, 3.63) is 41.0 Å². The number of methoxy groups -OCH3 is 1. The number of nitrogens with one attached hydrogen (secondary N) is 1. The molecule has 0 radical (unpaired) electrons. The first-order valence-corrected chi connectivity index (χ1v) is 11.6. The maximum Gasteiger partial charge on any atom is 0.167 e. The van der Waals surface area contributed by atoms with Gasteiger partial charge in [0, 0.05) is 27.3 Å². The van der Waals surface area contributed by atoms with E-state index in [1.165, 1.54) is 13.2 Å². The summed E-state index contributed by atoms with van der Waals surface area (Å²) in [4.78, 5) is 7.03. The predicted octanol–water partition coefficient (Wildman–Crippen LogP) is 5.34. The van der Waals surface area contributed by atoms with Gasteiger partial charge in [-0.2, -0.15) is 5.10 Å². The largest absolute Gasteiger partial charge is 0.506 e. The average molecular weight is 485 g/mol. The summed E-state index contributed by atoms with van der Waals surface area (Å²) < 4.78 is 26.5. The zero-order valence-corrected chi connectivity index (χ0v) is 19.8. The molecule has 2 aromatic heterocycles. The highest BCUT2D eigenvalue weighted by Crippen LogP contribution is 2.44. The van der Waals surface area contributed by atoms with Gasteiger partial charge in [0.1, 0.15) is 12.4 Å². The molecule has 5 rings (SSSR count). The van der Waals surface area contributed by atoms with Crippen molar-refractivity contribution in [3.8, 4) is 28.5 Å². The molecule has 0 saturated carbocycles. The Morgan fingerprint density at radius 3 is 2.74 bits per heavy atom. The SMILES string of the molecule is COc1c(OCC2CCN(C)CC2)cc2c(c(-c3ccc(O)c(Cl)c3)nc3[nH]ncc32)c1CF. The summed E-state index contributed by atoms with van der Waals surface area (Å²) in [5, 5.41) is 19.2. The van der Waals surface area contributed by atoms with Crippen LogP contribution in [0.15, 0.2) is 30.5 Å². The number of piperidine rings is 1. The van der Waals surface area contributed by atoms with Crippen molar-refractivity contribution in [2.75, 3.05) is 33.9 Å². The summed E-state index contributed by atoms with van der Waals surface area (Å²) in [5.41, 5.74) is 2.07. The number of halogens is 2. The summed E-state index contributed by atoms with van der Waals surface area (Å²) in [5.74, 6) is 1.26. The van der Waals surface area contributed by atoms with E-state index in [0.717, 1.165) is 36.7 Å². The second-order valence-electron chi connectivity index (χ2n) is 8.76. The number of benzene rings is 2. The number of H-pyrrole nitrogens is 1. The molecule has 1 aliphatic rings. The van der Waals surface area contributed by atoms with Crippen LogP contribution in [0.3, 0.4) is 0 Å². The number of ether oxygens (including phenoxy) is 2. The molecule has 1 fully saturated rings. The number of aromatic nitrogens is 3. The molecule has 1 saturated heterocycles. The third-order valence-electron chi connectivity index (χ3n) is 6.59. The number of aromatic hydroxyl groups is 1. The zero-order chi connectivity index (χ0) is 23.8. The van der Waals surface area contributed by atoms with E-state index >= 15 is 0 Å². The number of aromatic amines is 1. The van der Waals surface area contributed by atoms with Gasteiger partial charge in [-0.25, -0.2) is 9.37 Å². The Morgan fingerprint density at radius 1 is 1.24 bits per heavy atom. The van der Waals surface area contributed by atoms with Crippen LogP contribution < -0.4 is 9.47 Å². The number of hydrogen-bond acceptors (Lipinski definition) is 6. The molecule has 0 amide bonds. The maximum absolute atomic E-state index is 14.6. The van der Waals surface area contributed by atoms with Crippen molar-refractivity contribution in [3.63, 3.8) is 0 Å². The minimum atomic E-state index is -0.769. The average Bonchev–Trinajstić information content (AvgIpc) is 3.33. The molecule has 0 unspecified atom stereocenters. The Labute approximate surface area is 201 Å². The van der Waals surface area contributed by atoms with E-state index in [-0.39, 0.29) is 10.8 Å². The first kappa shape index (κ1) is 22.7. The van der Waals surface area contributed by atoms with Crippen LogP contribution in [0.25, 0.3) is 33.1 Å². The molecular formula is C25H26ClFN4O3. The third kappa shape index (κ3) is 4.01. The number of likely N-dealkylation sites (tertiary alicyclic amines) is 1. The first-order chi connectivity index (χ1) is 16.5. The van der Waals surface area contributed by atoms with E-state index in [1.54, 1.807) is 18.3 Å². The second kappa shape index (κ2) is 9.27. The van der Waals surface area contributed by atoms with Crippen LogP contribution in [-0.4, -0.2) is 59.0 Å². The van der Waals surface area contributed by atoms with Gasteiger partial charge in [0.05, 0.1) is 30.6 Å². The number of nitrogens with zero attached hydrogens (tertiary/aromatic N) is 3. The lowest BCUT2D eigenvalue weighted by Crippen LogP contribution is -2.32. The molecule has 4 aromatic rings. The molecule has 2 N–H and O–H groups in total. The van der Waals surface area contributed by atoms with Crippen LogP contribution in [0, 0.1) is 5.92 Å². The van der Waals surface area contributed by atoms with Gasteiger partial charge in [0.2, 0.25) is 0 Å². The van der Waals surface area contributed by atoms with Crippen LogP contribution >= 0.6 is 11.6 Å². The van der Waals surface area contributed by atoms with Crippen LogP contribution in [0.4, 0.5) is 4.39 Å². The lowest BCUT2D eigenvalue weighted by atomic mass is 9.96. The molecule has 178 valence electrons. The van der Waals surface area contributed by atoms with E-state index in [4.69, 9.17) is 26.1 Å². The van der Waals surface area contributed by atoms with Crippen molar-refractivity contribution in [2.45, 2.75) is 19.5 Å². The number of phenolic OH excluding ortho intramolecular Hbond substituents is 1. The number of rotatable bonds is 6. The highest BCUT2D eigenvalue weighted by atomic mass is 35.5. The fourth-order valence-electron chi connectivity index (χ4n) is 4.66. The standard InChI is InChI=1S/C25H26ClFN4O3/c1-31-7-5-14(6-8-31)13-34-21-10-16-18-12-28-30-25(18)29-23(15-3-4-20(32)19(26)9-15)22(16)17(11-27)24(21)33-2/h3-4,9-10,12,14,32H,5-8,11,13H2,1-2H3,(H,28,29,30). The van der Waals surface area contributed by atoms with Gasteiger partial charge in [-0.15, -0.1) is 0 Å². The van der Waals surface area contributed by atoms with E-state index in [1.807, 2.05) is 6.07 Å². The molecule has 1 aliphatic heterocycles. The van der Waals surface area contributed by atoms with E-state index in [2.05, 4.69) is 22.1 Å². The van der Waals surface area contributed by atoms with Crippen molar-refractivity contribution in [2.24, 2.45) is 5.92 Å². The van der Waals surface area contributed by atoms with E-state index in [0.29, 0.717) is 51.9 Å². The van der Waals surface area contributed by atoms with Crippen molar-refractivity contribution < 1.29 is 19.0 Å². The summed E-state index contributed by atoms with van der Waals surface area (Å²) in [6, 6.07) is 6.69. The van der Waals surface area contributed by atoms with Gasteiger partial charge < -0.3 is 19.5 Å². The lowest BCUT2D eigenvalue weighted by molar-refractivity contribution is 0.157. The van der Waals surface area contributed by atoms with Crippen LogP contribution in [0.2, 0.25) is 5.02 Å². The van der Waals surface area contributed by atoms with Gasteiger partial charge >= 0.3 is 0 Å². The van der Waals surface area contributed by atoms with Gasteiger partial charge in [-0.1, -0.05) is 11.6 Å². The minimum Gasteiger partial charge on any atom is -0.506 e. The molecule has 0 bridgehead atoms. The fourth-order valence-corrected chi connectivity index (χ4v) is 4.84. The summed E-state index contributed by atoms with van der Waals surface area (Å²) in [6.45, 7) is 1.85. The Kier molecular flexibility index (Phi) is 6.18. The molecule has 2 aromatic carbocycles. The summed E-state index contributed by atoms with van der Waals surface area (Å²) in [6.07, 6.45) is 3.79.